The molecule has 0 saturated heterocycles. The molecule has 0 heterocycles. The zero-order valence-corrected chi connectivity index (χ0v) is 11.7. The molecule has 2 aliphatic rings. The maximum absolute atomic E-state index is 12.0. The number of rotatable bonds is 5. The maximum Gasteiger partial charge on any atom is 0.310 e. The van der Waals surface area contributed by atoms with E-state index in [4.69, 9.17) is 9.47 Å². The zero-order valence-electron chi connectivity index (χ0n) is 10.9. The minimum atomic E-state index is -4.42. The molecule has 112 valence electrons. The molecule has 0 aromatic heterocycles. The van der Waals surface area contributed by atoms with E-state index in [1.165, 1.54) is 7.11 Å². The molecule has 0 aromatic rings. The molecule has 0 radical (unpaired) electrons. The molecule has 0 aliphatic heterocycles. The van der Waals surface area contributed by atoms with Crippen molar-refractivity contribution in [2.75, 3.05) is 19.5 Å². The van der Waals surface area contributed by atoms with Crippen molar-refractivity contribution in [3.8, 4) is 0 Å². The van der Waals surface area contributed by atoms with Gasteiger partial charge in [0.1, 0.15) is 6.61 Å². The van der Waals surface area contributed by atoms with Gasteiger partial charge in [-0.3, -0.25) is 9.59 Å². The highest BCUT2D eigenvalue weighted by molar-refractivity contribution is 7.85. The van der Waals surface area contributed by atoms with Crippen molar-refractivity contribution in [3.05, 3.63) is 12.2 Å². The summed E-state index contributed by atoms with van der Waals surface area (Å²) < 4.78 is 40.9. The summed E-state index contributed by atoms with van der Waals surface area (Å²) >= 11 is 0. The second-order valence-corrected chi connectivity index (χ2v) is 6.48. The molecule has 0 spiro atoms. The summed E-state index contributed by atoms with van der Waals surface area (Å²) in [5, 5.41) is 0. The molecule has 4 atom stereocenters. The predicted molar refractivity (Wildman–Crippen MR) is 65.3 cm³/mol. The van der Waals surface area contributed by atoms with Gasteiger partial charge in [0.25, 0.3) is 0 Å². The Labute approximate surface area is 116 Å². The first-order valence-electron chi connectivity index (χ1n) is 6.20. The number of hydrogen-bond acceptors (Lipinski definition) is 7. The highest BCUT2D eigenvalue weighted by atomic mass is 32.2. The van der Waals surface area contributed by atoms with Crippen LogP contribution in [0.4, 0.5) is 0 Å². The van der Waals surface area contributed by atoms with E-state index in [1.54, 1.807) is 0 Å². The van der Waals surface area contributed by atoms with Gasteiger partial charge in [0.15, 0.2) is 0 Å². The lowest BCUT2D eigenvalue weighted by molar-refractivity contribution is -0.159. The monoisotopic (exact) mass is 303 g/mol. The normalized spacial score (nSPS) is 31.3. The standard InChI is InChI=1S/C12H16O7S/c1-18-11(13)9-7-2-3-8(6-7)10(9)12(14)19-4-5-20(15,16)17/h2-3,7-10H,4-6H2,1H3,(H,15,16,17)/p-1. The van der Waals surface area contributed by atoms with Crippen molar-refractivity contribution in [2.45, 2.75) is 6.42 Å². The quantitative estimate of drug-likeness (QED) is 0.389. The minimum absolute atomic E-state index is 0.0479. The summed E-state index contributed by atoms with van der Waals surface area (Å²) in [5.74, 6) is -3.29. The van der Waals surface area contributed by atoms with Crippen LogP contribution in [0.2, 0.25) is 0 Å². The summed E-state index contributed by atoms with van der Waals surface area (Å²) in [6, 6.07) is 0. The third kappa shape index (κ3) is 3.01. The van der Waals surface area contributed by atoms with Crippen LogP contribution in [0.3, 0.4) is 0 Å². The molecule has 0 N–H and O–H groups in total. The number of ether oxygens (including phenoxy) is 2. The second-order valence-electron chi connectivity index (χ2n) is 4.95. The van der Waals surface area contributed by atoms with E-state index >= 15 is 0 Å². The van der Waals surface area contributed by atoms with E-state index in [-0.39, 0.29) is 11.8 Å². The van der Waals surface area contributed by atoms with E-state index in [0.29, 0.717) is 6.42 Å². The van der Waals surface area contributed by atoms with Crippen LogP contribution in [0.1, 0.15) is 6.42 Å². The Morgan fingerprint density at radius 2 is 1.75 bits per heavy atom. The first-order valence-corrected chi connectivity index (χ1v) is 7.77. The highest BCUT2D eigenvalue weighted by Crippen LogP contribution is 2.48. The molecular formula is C12H15O7S-. The van der Waals surface area contributed by atoms with Gasteiger partial charge >= 0.3 is 11.9 Å². The molecule has 7 nitrogen and oxygen atoms in total. The third-order valence-electron chi connectivity index (χ3n) is 3.78. The van der Waals surface area contributed by atoms with Gasteiger partial charge in [-0.1, -0.05) is 12.2 Å². The summed E-state index contributed by atoms with van der Waals surface area (Å²) in [4.78, 5) is 23.7. The molecule has 2 bridgehead atoms. The average Bonchev–Trinajstić information content (AvgIpc) is 2.96. The Kier molecular flexibility index (Phi) is 4.14. The fourth-order valence-electron chi connectivity index (χ4n) is 2.94. The Hall–Kier alpha value is -1.41. The van der Waals surface area contributed by atoms with Crippen LogP contribution in [0.5, 0.6) is 0 Å². The molecular weight excluding hydrogens is 288 g/mol. The number of hydrogen-bond donors (Lipinski definition) is 0. The van der Waals surface area contributed by atoms with Crippen LogP contribution in [-0.2, 0) is 29.2 Å². The first-order chi connectivity index (χ1) is 9.33. The van der Waals surface area contributed by atoms with E-state index in [9.17, 15) is 22.6 Å². The number of esters is 2. The summed E-state index contributed by atoms with van der Waals surface area (Å²) in [6.07, 6.45) is 4.43. The van der Waals surface area contributed by atoms with E-state index in [2.05, 4.69) is 0 Å². The lowest BCUT2D eigenvalue weighted by Gasteiger charge is -2.24. The Bertz CT molecular complexity index is 536. The molecule has 1 saturated carbocycles. The fourth-order valence-corrected chi connectivity index (χ4v) is 3.23. The SMILES string of the molecule is COC(=O)C1C2C=CC(C2)C1C(=O)OCCS(=O)(=O)[O-]. The van der Waals surface area contributed by atoms with Crippen molar-refractivity contribution in [3.63, 3.8) is 0 Å². The van der Waals surface area contributed by atoms with Gasteiger partial charge in [0, 0.05) is 0 Å². The topological polar surface area (TPSA) is 110 Å². The number of carbonyl (C=O) groups excluding carboxylic acids is 2. The fraction of sp³-hybridized carbons (Fsp3) is 0.667. The Morgan fingerprint density at radius 3 is 2.25 bits per heavy atom. The molecule has 0 amide bonds. The molecule has 2 rings (SSSR count). The minimum Gasteiger partial charge on any atom is -0.748 e. The van der Waals surface area contributed by atoms with Crippen LogP contribution in [-0.4, -0.2) is 44.4 Å². The number of carbonyl (C=O) groups is 2. The van der Waals surface area contributed by atoms with Crippen molar-refractivity contribution in [1.29, 1.82) is 0 Å². The summed E-state index contributed by atoms with van der Waals surface area (Å²) in [5.41, 5.74) is 0. The van der Waals surface area contributed by atoms with Crippen LogP contribution < -0.4 is 0 Å². The third-order valence-corrected chi connectivity index (χ3v) is 4.45. The highest BCUT2D eigenvalue weighted by Gasteiger charge is 2.52. The van der Waals surface area contributed by atoms with Crippen molar-refractivity contribution >= 4 is 22.1 Å². The maximum atomic E-state index is 12.0. The van der Waals surface area contributed by atoms with E-state index in [0.717, 1.165) is 0 Å². The Morgan fingerprint density at radius 1 is 1.20 bits per heavy atom. The first kappa shape index (κ1) is 15.0. The van der Waals surface area contributed by atoms with Gasteiger partial charge in [-0.15, -0.1) is 0 Å². The lowest BCUT2D eigenvalue weighted by Crippen LogP contribution is -2.35. The van der Waals surface area contributed by atoms with Crippen LogP contribution in [0.25, 0.3) is 0 Å². The molecule has 0 aromatic carbocycles. The predicted octanol–water partition coefficient (Wildman–Crippen LogP) is -0.314. The number of methoxy groups -OCH3 is 1. The van der Waals surface area contributed by atoms with Gasteiger partial charge in [-0.25, -0.2) is 8.42 Å². The van der Waals surface area contributed by atoms with Gasteiger partial charge < -0.3 is 14.0 Å². The van der Waals surface area contributed by atoms with Crippen LogP contribution >= 0.6 is 0 Å². The van der Waals surface area contributed by atoms with Crippen molar-refractivity contribution < 1.29 is 32.0 Å². The van der Waals surface area contributed by atoms with Gasteiger partial charge in [0.2, 0.25) is 0 Å². The van der Waals surface area contributed by atoms with Crippen LogP contribution in [0, 0.1) is 23.7 Å². The summed E-state index contributed by atoms with van der Waals surface area (Å²) in [7, 11) is -3.17. The van der Waals surface area contributed by atoms with Crippen molar-refractivity contribution in [2.24, 2.45) is 23.7 Å². The smallest absolute Gasteiger partial charge is 0.310 e. The molecule has 2 aliphatic carbocycles. The number of allylic oxidation sites excluding steroid dienone is 2. The molecule has 20 heavy (non-hydrogen) atoms. The van der Waals surface area contributed by atoms with Gasteiger partial charge in [0.05, 0.1) is 34.8 Å². The number of fused-ring (bicyclic) bond motifs is 2. The van der Waals surface area contributed by atoms with E-state index in [1.807, 2.05) is 12.2 Å². The second kappa shape index (κ2) is 5.53. The zero-order chi connectivity index (χ0) is 14.9. The van der Waals surface area contributed by atoms with E-state index < -0.39 is 46.3 Å². The Balaban J connectivity index is 2.01. The van der Waals surface area contributed by atoms with Crippen molar-refractivity contribution in [1.82, 2.24) is 0 Å². The van der Waals surface area contributed by atoms with Gasteiger partial charge in [-0.2, -0.15) is 0 Å². The summed E-state index contributed by atoms with van der Waals surface area (Å²) in [6.45, 7) is -0.490. The largest absolute Gasteiger partial charge is 0.748 e. The van der Waals surface area contributed by atoms with Gasteiger partial charge in [-0.05, 0) is 18.3 Å². The molecule has 8 heteroatoms. The van der Waals surface area contributed by atoms with Crippen LogP contribution in [0.15, 0.2) is 12.2 Å². The molecule has 1 fully saturated rings. The molecule has 4 unspecified atom stereocenters. The average molecular weight is 303 g/mol. The lowest BCUT2D eigenvalue weighted by atomic mass is 9.83.